The predicted molar refractivity (Wildman–Crippen MR) is 56.9 cm³/mol. The highest BCUT2D eigenvalue weighted by Gasteiger charge is 2.01. The topological polar surface area (TPSA) is 12.4 Å². The summed E-state index contributed by atoms with van der Waals surface area (Å²) < 4.78 is 0. The van der Waals surface area contributed by atoms with Crippen molar-refractivity contribution in [2.45, 2.75) is 47.0 Å². The van der Waals surface area contributed by atoms with Gasteiger partial charge in [-0.3, -0.25) is 4.99 Å². The Kier molecular flexibility index (Phi) is 5.69. The van der Waals surface area contributed by atoms with E-state index in [0.29, 0.717) is 0 Å². The molecule has 0 saturated heterocycles. The van der Waals surface area contributed by atoms with Crippen LogP contribution in [0.15, 0.2) is 16.1 Å². The lowest BCUT2D eigenvalue weighted by atomic mass is 10.0. The molecular formula is C11H21N. The number of allylic oxidation sites excluding steroid dienone is 2. The maximum Gasteiger partial charge on any atom is 0.0345 e. The lowest BCUT2D eigenvalue weighted by molar-refractivity contribution is 0.797. The molecule has 0 spiro atoms. The van der Waals surface area contributed by atoms with Crippen molar-refractivity contribution in [3.05, 3.63) is 11.1 Å². The van der Waals surface area contributed by atoms with Gasteiger partial charge < -0.3 is 0 Å². The van der Waals surface area contributed by atoms with E-state index in [-0.39, 0.29) is 0 Å². The van der Waals surface area contributed by atoms with Crippen LogP contribution in [0.5, 0.6) is 0 Å². The average molecular weight is 167 g/mol. The van der Waals surface area contributed by atoms with Gasteiger partial charge >= 0.3 is 0 Å². The SMILES string of the molecule is CCCCC(C(C)=NC)=C(C)C. The maximum absolute atomic E-state index is 4.22. The summed E-state index contributed by atoms with van der Waals surface area (Å²) in [4.78, 5) is 4.22. The van der Waals surface area contributed by atoms with Crippen molar-refractivity contribution in [2.75, 3.05) is 7.05 Å². The molecule has 0 heterocycles. The van der Waals surface area contributed by atoms with Crippen molar-refractivity contribution in [3.8, 4) is 0 Å². The van der Waals surface area contributed by atoms with Crippen LogP contribution in [0.25, 0.3) is 0 Å². The third kappa shape index (κ3) is 3.70. The summed E-state index contributed by atoms with van der Waals surface area (Å²) in [5, 5.41) is 0. The van der Waals surface area contributed by atoms with Crippen LogP contribution in [0, 0.1) is 0 Å². The summed E-state index contributed by atoms with van der Waals surface area (Å²) in [5.41, 5.74) is 4.05. The van der Waals surface area contributed by atoms with Gasteiger partial charge in [-0.2, -0.15) is 0 Å². The van der Waals surface area contributed by atoms with Crippen LogP contribution in [-0.4, -0.2) is 12.8 Å². The Morgan fingerprint density at radius 3 is 2.08 bits per heavy atom. The number of rotatable bonds is 4. The van der Waals surface area contributed by atoms with E-state index >= 15 is 0 Å². The first-order valence-corrected chi connectivity index (χ1v) is 4.73. The van der Waals surface area contributed by atoms with Gasteiger partial charge in [0, 0.05) is 12.8 Å². The fourth-order valence-electron chi connectivity index (χ4n) is 1.28. The fourth-order valence-corrected chi connectivity index (χ4v) is 1.28. The zero-order chi connectivity index (χ0) is 9.56. The summed E-state index contributed by atoms with van der Waals surface area (Å²) in [5.74, 6) is 0. The molecule has 0 fully saturated rings. The van der Waals surface area contributed by atoms with Gasteiger partial charge in [-0.25, -0.2) is 0 Å². The van der Waals surface area contributed by atoms with Crippen molar-refractivity contribution >= 4 is 5.71 Å². The molecule has 70 valence electrons. The highest BCUT2D eigenvalue weighted by Crippen LogP contribution is 2.13. The third-order valence-corrected chi connectivity index (χ3v) is 2.16. The van der Waals surface area contributed by atoms with Crippen molar-refractivity contribution in [1.82, 2.24) is 0 Å². The first kappa shape index (κ1) is 11.4. The van der Waals surface area contributed by atoms with Crippen molar-refractivity contribution in [1.29, 1.82) is 0 Å². The van der Waals surface area contributed by atoms with Crippen LogP contribution in [0.2, 0.25) is 0 Å². The predicted octanol–water partition coefficient (Wildman–Crippen LogP) is 3.60. The number of aliphatic imine (C=N–C) groups is 1. The highest BCUT2D eigenvalue weighted by atomic mass is 14.7. The lowest BCUT2D eigenvalue weighted by Gasteiger charge is -2.08. The second-order valence-electron chi connectivity index (χ2n) is 3.39. The number of nitrogens with zero attached hydrogens (tertiary/aromatic N) is 1. The minimum Gasteiger partial charge on any atom is -0.293 e. The molecule has 12 heavy (non-hydrogen) atoms. The second kappa shape index (κ2) is 5.99. The van der Waals surface area contributed by atoms with Crippen LogP contribution < -0.4 is 0 Å². The molecule has 1 nitrogen and oxygen atoms in total. The molecule has 0 aliphatic heterocycles. The van der Waals surface area contributed by atoms with E-state index in [1.54, 1.807) is 0 Å². The van der Waals surface area contributed by atoms with E-state index in [1.165, 1.54) is 36.1 Å². The average Bonchev–Trinajstić information content (AvgIpc) is 2.04. The van der Waals surface area contributed by atoms with Gasteiger partial charge in [-0.15, -0.1) is 0 Å². The molecule has 0 bridgehead atoms. The maximum atomic E-state index is 4.22. The highest BCUT2D eigenvalue weighted by molar-refractivity contribution is 5.98. The van der Waals surface area contributed by atoms with Gasteiger partial charge in [0.1, 0.15) is 0 Å². The van der Waals surface area contributed by atoms with Gasteiger partial charge in [-0.1, -0.05) is 18.9 Å². The van der Waals surface area contributed by atoms with Gasteiger partial charge in [0.15, 0.2) is 0 Å². The molecule has 0 N–H and O–H groups in total. The number of unbranched alkanes of at least 4 members (excludes halogenated alkanes) is 1. The second-order valence-corrected chi connectivity index (χ2v) is 3.39. The summed E-state index contributed by atoms with van der Waals surface area (Å²) >= 11 is 0. The minimum absolute atomic E-state index is 1.18. The molecule has 0 rings (SSSR count). The Bertz CT molecular complexity index is 183. The molecule has 0 atom stereocenters. The van der Waals surface area contributed by atoms with Gasteiger partial charge in [0.05, 0.1) is 0 Å². The normalized spacial score (nSPS) is 11.6. The van der Waals surface area contributed by atoms with Gasteiger partial charge in [0.25, 0.3) is 0 Å². The van der Waals surface area contributed by atoms with Gasteiger partial charge in [0.2, 0.25) is 0 Å². The van der Waals surface area contributed by atoms with E-state index in [4.69, 9.17) is 0 Å². The lowest BCUT2D eigenvalue weighted by Crippen LogP contribution is -1.99. The first-order valence-electron chi connectivity index (χ1n) is 4.73. The summed E-state index contributed by atoms with van der Waals surface area (Å²) in [6, 6.07) is 0. The fraction of sp³-hybridized carbons (Fsp3) is 0.727. The van der Waals surface area contributed by atoms with Gasteiger partial charge in [-0.05, 0) is 39.2 Å². The van der Waals surface area contributed by atoms with E-state index in [1.807, 2.05) is 7.05 Å². The Morgan fingerprint density at radius 2 is 1.75 bits per heavy atom. The zero-order valence-electron chi connectivity index (χ0n) is 9.07. The smallest absolute Gasteiger partial charge is 0.0345 e. The molecule has 1 heteroatoms. The van der Waals surface area contributed by atoms with E-state index in [9.17, 15) is 0 Å². The molecule has 0 aliphatic rings. The van der Waals surface area contributed by atoms with Crippen LogP contribution >= 0.6 is 0 Å². The molecule has 0 aromatic heterocycles. The van der Waals surface area contributed by atoms with Crippen molar-refractivity contribution in [2.24, 2.45) is 4.99 Å². The third-order valence-electron chi connectivity index (χ3n) is 2.16. The molecule has 0 amide bonds. The largest absolute Gasteiger partial charge is 0.293 e. The molecule has 0 aromatic carbocycles. The van der Waals surface area contributed by atoms with Crippen molar-refractivity contribution in [3.63, 3.8) is 0 Å². The molecular weight excluding hydrogens is 146 g/mol. The molecule has 0 radical (unpaired) electrons. The standard InChI is InChI=1S/C11H21N/c1-6-7-8-11(9(2)3)10(4)12-5/h6-8H2,1-5H3. The Labute approximate surface area is 76.6 Å². The van der Waals surface area contributed by atoms with Crippen LogP contribution in [0.3, 0.4) is 0 Å². The number of hydrogen-bond donors (Lipinski definition) is 0. The number of hydrogen-bond acceptors (Lipinski definition) is 1. The summed E-state index contributed by atoms with van der Waals surface area (Å²) in [6.45, 7) is 8.65. The molecule has 0 aliphatic carbocycles. The van der Waals surface area contributed by atoms with Crippen LogP contribution in [0.4, 0.5) is 0 Å². The van der Waals surface area contributed by atoms with Crippen LogP contribution in [-0.2, 0) is 0 Å². The monoisotopic (exact) mass is 167 g/mol. The summed E-state index contributed by atoms with van der Waals surface area (Å²) in [7, 11) is 1.87. The van der Waals surface area contributed by atoms with Crippen molar-refractivity contribution < 1.29 is 0 Å². The quantitative estimate of drug-likeness (QED) is 0.567. The van der Waals surface area contributed by atoms with E-state index in [2.05, 4.69) is 32.7 Å². The molecule has 0 aromatic rings. The summed E-state index contributed by atoms with van der Waals surface area (Å²) in [6.07, 6.45) is 3.71. The first-order chi connectivity index (χ1) is 5.63. The molecule has 0 unspecified atom stereocenters. The molecule has 0 saturated carbocycles. The zero-order valence-corrected chi connectivity index (χ0v) is 9.07. The Morgan fingerprint density at radius 1 is 1.17 bits per heavy atom. The Balaban J connectivity index is 4.37. The Hall–Kier alpha value is -0.590. The van der Waals surface area contributed by atoms with E-state index < -0.39 is 0 Å². The minimum atomic E-state index is 1.18. The van der Waals surface area contributed by atoms with Crippen LogP contribution in [0.1, 0.15) is 47.0 Å². The van der Waals surface area contributed by atoms with E-state index in [0.717, 1.165) is 0 Å².